The minimum atomic E-state index is -0.934. The van der Waals surface area contributed by atoms with Crippen LogP contribution in [-0.4, -0.2) is 21.4 Å². The predicted octanol–water partition coefficient (Wildman–Crippen LogP) is 0.289. The molecule has 0 fully saturated rings. The second-order valence-electron chi connectivity index (χ2n) is 4.43. The first-order valence-electron chi connectivity index (χ1n) is 6.11. The Morgan fingerprint density at radius 1 is 1.20 bits per heavy atom. The lowest BCUT2D eigenvalue weighted by molar-refractivity contribution is 0.151. The Hall–Kier alpha value is -2.34. The lowest BCUT2D eigenvalue weighted by Gasteiger charge is -2.15. The highest BCUT2D eigenvalue weighted by molar-refractivity contribution is 5.34. The summed E-state index contributed by atoms with van der Waals surface area (Å²) in [7, 11) is 3.01. The fourth-order valence-corrected chi connectivity index (χ4v) is 1.96. The van der Waals surface area contributed by atoms with Crippen molar-refractivity contribution in [1.82, 2.24) is 9.13 Å². The maximum atomic E-state index is 11.8. The average molecular weight is 276 g/mol. The van der Waals surface area contributed by atoms with Crippen LogP contribution in [0.5, 0.6) is 5.75 Å². The highest BCUT2D eigenvalue weighted by Crippen LogP contribution is 2.25. The number of methoxy groups -OCH3 is 1. The van der Waals surface area contributed by atoms with Crippen LogP contribution in [0.25, 0.3) is 0 Å². The molecule has 1 atom stereocenters. The fourth-order valence-electron chi connectivity index (χ4n) is 1.96. The Morgan fingerprint density at radius 2 is 1.90 bits per heavy atom. The smallest absolute Gasteiger partial charge is 0.316 e. The Bertz CT molecular complexity index is 718. The van der Waals surface area contributed by atoms with Crippen molar-refractivity contribution in [2.45, 2.75) is 12.6 Å². The molecule has 2 aromatic rings. The third-order valence-corrected chi connectivity index (χ3v) is 3.10. The maximum Gasteiger partial charge on any atom is 0.316 e. The van der Waals surface area contributed by atoms with E-state index in [4.69, 9.17) is 4.74 Å². The van der Waals surface area contributed by atoms with Crippen LogP contribution in [0.4, 0.5) is 0 Å². The van der Waals surface area contributed by atoms with Crippen molar-refractivity contribution >= 4 is 0 Å². The molecular formula is C14H16N2O4. The normalized spacial score (nSPS) is 12.2. The second kappa shape index (κ2) is 5.75. The average Bonchev–Trinajstić information content (AvgIpc) is 2.47. The standard InChI is InChI=1S/C14H16N2O4/c1-15-7-8-16(14(19)13(15)18)9-11(17)10-5-3-4-6-12(10)20-2/h3-8,11,17H,9H2,1-2H3. The van der Waals surface area contributed by atoms with Gasteiger partial charge in [0.2, 0.25) is 0 Å². The molecule has 0 aliphatic rings. The van der Waals surface area contributed by atoms with Gasteiger partial charge in [0.05, 0.1) is 13.7 Å². The predicted molar refractivity (Wildman–Crippen MR) is 73.9 cm³/mol. The number of benzene rings is 1. The minimum absolute atomic E-state index is 0.00468. The summed E-state index contributed by atoms with van der Waals surface area (Å²) in [5.41, 5.74) is -0.716. The van der Waals surface area contributed by atoms with Crippen molar-refractivity contribution in [3.63, 3.8) is 0 Å². The van der Waals surface area contributed by atoms with E-state index < -0.39 is 17.2 Å². The Balaban J connectivity index is 2.33. The molecule has 0 aliphatic carbocycles. The van der Waals surface area contributed by atoms with Crippen LogP contribution >= 0.6 is 0 Å². The zero-order valence-electron chi connectivity index (χ0n) is 11.3. The molecule has 0 amide bonds. The van der Waals surface area contributed by atoms with E-state index in [2.05, 4.69) is 0 Å². The van der Waals surface area contributed by atoms with Crippen LogP contribution in [-0.2, 0) is 13.6 Å². The summed E-state index contributed by atoms with van der Waals surface area (Å²) in [6.07, 6.45) is 2.03. The van der Waals surface area contributed by atoms with E-state index in [0.29, 0.717) is 11.3 Å². The van der Waals surface area contributed by atoms with Gasteiger partial charge in [-0.1, -0.05) is 18.2 Å². The molecule has 1 unspecified atom stereocenters. The fraction of sp³-hybridized carbons (Fsp3) is 0.286. The number of hydrogen-bond donors (Lipinski definition) is 1. The minimum Gasteiger partial charge on any atom is -0.496 e. The zero-order chi connectivity index (χ0) is 14.7. The van der Waals surface area contributed by atoms with Crippen molar-refractivity contribution in [1.29, 1.82) is 0 Å². The topological polar surface area (TPSA) is 73.5 Å². The van der Waals surface area contributed by atoms with Gasteiger partial charge >= 0.3 is 11.1 Å². The summed E-state index contributed by atoms with van der Waals surface area (Å²) in [6.45, 7) is -0.00468. The van der Waals surface area contributed by atoms with Crippen LogP contribution in [0.1, 0.15) is 11.7 Å². The van der Waals surface area contributed by atoms with Crippen molar-refractivity contribution in [2.24, 2.45) is 7.05 Å². The SMILES string of the molecule is COc1ccccc1C(O)Cn1ccn(C)c(=O)c1=O. The number of para-hydroxylation sites is 1. The van der Waals surface area contributed by atoms with Crippen molar-refractivity contribution in [2.75, 3.05) is 7.11 Å². The van der Waals surface area contributed by atoms with Crippen LogP contribution < -0.4 is 15.9 Å². The zero-order valence-corrected chi connectivity index (χ0v) is 11.3. The summed E-state index contributed by atoms with van der Waals surface area (Å²) in [4.78, 5) is 23.4. The summed E-state index contributed by atoms with van der Waals surface area (Å²) < 4.78 is 7.56. The molecule has 0 saturated heterocycles. The molecule has 1 heterocycles. The lowest BCUT2D eigenvalue weighted by atomic mass is 10.1. The van der Waals surface area contributed by atoms with Gasteiger partial charge in [-0.25, -0.2) is 0 Å². The highest BCUT2D eigenvalue weighted by Gasteiger charge is 2.14. The summed E-state index contributed by atoms with van der Waals surface area (Å²) in [5, 5.41) is 10.2. The first-order chi connectivity index (χ1) is 9.54. The van der Waals surface area contributed by atoms with Gasteiger partial charge in [-0.2, -0.15) is 0 Å². The molecule has 6 nitrogen and oxygen atoms in total. The van der Waals surface area contributed by atoms with E-state index in [1.54, 1.807) is 24.3 Å². The molecule has 106 valence electrons. The lowest BCUT2D eigenvalue weighted by Crippen LogP contribution is -2.40. The number of nitrogens with zero attached hydrogens (tertiary/aromatic N) is 2. The number of aryl methyl sites for hydroxylation is 1. The van der Waals surface area contributed by atoms with Gasteiger partial charge in [0.15, 0.2) is 0 Å². The Kier molecular flexibility index (Phi) is 4.05. The third-order valence-electron chi connectivity index (χ3n) is 3.10. The first kappa shape index (κ1) is 14.1. The molecule has 0 radical (unpaired) electrons. The van der Waals surface area contributed by atoms with Gasteiger partial charge in [0.25, 0.3) is 0 Å². The largest absolute Gasteiger partial charge is 0.496 e. The quantitative estimate of drug-likeness (QED) is 0.815. The highest BCUT2D eigenvalue weighted by atomic mass is 16.5. The van der Waals surface area contributed by atoms with Gasteiger partial charge in [-0.05, 0) is 6.07 Å². The monoisotopic (exact) mass is 276 g/mol. The van der Waals surface area contributed by atoms with E-state index >= 15 is 0 Å². The number of hydrogen-bond acceptors (Lipinski definition) is 4. The van der Waals surface area contributed by atoms with E-state index in [1.807, 2.05) is 0 Å². The molecule has 0 bridgehead atoms. The Morgan fingerprint density at radius 3 is 2.60 bits per heavy atom. The van der Waals surface area contributed by atoms with Gasteiger partial charge < -0.3 is 19.0 Å². The molecule has 0 aliphatic heterocycles. The van der Waals surface area contributed by atoms with Crippen molar-refractivity contribution in [3.8, 4) is 5.75 Å². The second-order valence-corrected chi connectivity index (χ2v) is 4.43. The van der Waals surface area contributed by atoms with Crippen molar-refractivity contribution < 1.29 is 9.84 Å². The van der Waals surface area contributed by atoms with Crippen LogP contribution in [0.3, 0.4) is 0 Å². The molecule has 20 heavy (non-hydrogen) atoms. The first-order valence-corrected chi connectivity index (χ1v) is 6.11. The van der Waals surface area contributed by atoms with E-state index in [9.17, 15) is 14.7 Å². The molecule has 6 heteroatoms. The van der Waals surface area contributed by atoms with E-state index in [0.717, 1.165) is 0 Å². The summed E-state index contributed by atoms with van der Waals surface area (Å²) in [6, 6.07) is 7.01. The summed E-state index contributed by atoms with van der Waals surface area (Å²) in [5.74, 6) is 0.539. The van der Waals surface area contributed by atoms with Crippen LogP contribution in [0.2, 0.25) is 0 Å². The van der Waals surface area contributed by atoms with Crippen LogP contribution in [0, 0.1) is 0 Å². The summed E-state index contributed by atoms with van der Waals surface area (Å²) >= 11 is 0. The van der Waals surface area contributed by atoms with E-state index in [1.165, 1.54) is 35.7 Å². The molecule has 0 spiro atoms. The molecule has 1 N–H and O–H groups in total. The molecule has 1 aromatic carbocycles. The third kappa shape index (κ3) is 2.65. The molecule has 2 rings (SSSR count). The maximum absolute atomic E-state index is 11.8. The molecule has 0 saturated carbocycles. The van der Waals surface area contributed by atoms with Crippen LogP contribution in [0.15, 0.2) is 46.2 Å². The van der Waals surface area contributed by atoms with Gasteiger partial charge in [0.1, 0.15) is 11.9 Å². The Labute approximate surface area is 115 Å². The van der Waals surface area contributed by atoms with Gasteiger partial charge in [0, 0.05) is 25.0 Å². The number of rotatable bonds is 4. The number of aliphatic hydroxyl groups is 1. The van der Waals surface area contributed by atoms with E-state index in [-0.39, 0.29) is 6.54 Å². The number of aromatic nitrogens is 2. The number of aliphatic hydroxyl groups excluding tert-OH is 1. The molecular weight excluding hydrogens is 260 g/mol. The van der Waals surface area contributed by atoms with Gasteiger partial charge in [-0.3, -0.25) is 9.59 Å². The number of ether oxygens (including phenoxy) is 1. The van der Waals surface area contributed by atoms with Crippen molar-refractivity contribution in [3.05, 3.63) is 62.9 Å². The van der Waals surface area contributed by atoms with Gasteiger partial charge in [-0.15, -0.1) is 0 Å². The molecule has 1 aromatic heterocycles.